The van der Waals surface area contributed by atoms with Gasteiger partial charge in [0, 0.05) is 19.4 Å². The zero-order chi connectivity index (χ0) is 17.1. The molecule has 24 heavy (non-hydrogen) atoms. The van der Waals surface area contributed by atoms with Crippen LogP contribution < -0.4 is 5.32 Å². The van der Waals surface area contributed by atoms with Crippen molar-refractivity contribution >= 4 is 6.03 Å². The molecule has 0 unspecified atom stereocenters. The highest BCUT2D eigenvalue weighted by molar-refractivity contribution is 5.74. The van der Waals surface area contributed by atoms with Crippen molar-refractivity contribution in [2.45, 2.75) is 32.4 Å². The van der Waals surface area contributed by atoms with E-state index in [1.807, 2.05) is 6.07 Å². The van der Waals surface area contributed by atoms with Crippen LogP contribution in [0.3, 0.4) is 0 Å². The van der Waals surface area contributed by atoms with Crippen molar-refractivity contribution in [2.75, 3.05) is 7.05 Å². The number of benzene rings is 1. The molecule has 1 aliphatic carbocycles. The number of urea groups is 1. The van der Waals surface area contributed by atoms with E-state index >= 15 is 0 Å². The Morgan fingerprint density at radius 1 is 1.42 bits per heavy atom. The summed E-state index contributed by atoms with van der Waals surface area (Å²) in [7, 11) is 1.71. The number of carbonyl (C=O) groups is 1. The minimum absolute atomic E-state index is 0.179. The molecule has 0 spiro atoms. The summed E-state index contributed by atoms with van der Waals surface area (Å²) in [4.78, 5) is 22.3. The van der Waals surface area contributed by atoms with Gasteiger partial charge in [-0.15, -0.1) is 0 Å². The average molecular weight is 328 g/mol. The summed E-state index contributed by atoms with van der Waals surface area (Å²) < 4.78 is 14.0. The van der Waals surface area contributed by atoms with Gasteiger partial charge in [-0.05, 0) is 36.0 Å². The molecule has 0 saturated carbocycles. The fourth-order valence-electron chi connectivity index (χ4n) is 3.17. The van der Waals surface area contributed by atoms with E-state index < -0.39 is 0 Å². The van der Waals surface area contributed by atoms with E-state index in [-0.39, 0.29) is 23.8 Å². The second kappa shape index (κ2) is 6.95. The number of aromatic nitrogens is 2. The highest BCUT2D eigenvalue weighted by Gasteiger charge is 2.30. The van der Waals surface area contributed by atoms with Gasteiger partial charge in [0.1, 0.15) is 5.82 Å². The van der Waals surface area contributed by atoms with Crippen LogP contribution in [-0.4, -0.2) is 27.9 Å². The zero-order valence-electron chi connectivity index (χ0n) is 13.9. The minimum atomic E-state index is -0.199. The lowest BCUT2D eigenvalue weighted by atomic mass is 9.80. The molecule has 126 valence electrons. The summed E-state index contributed by atoms with van der Waals surface area (Å²) in [6, 6.07) is 4.71. The largest absolute Gasteiger partial charge is 0.331 e. The standard InChI is InChI=1S/C18H21FN4O/c1-12-6-7-14-15(4-3-5-16(14)19)17(12)22-18(24)23(2)11-13-10-20-8-9-21-13/h3-5,8-10,12,17H,6-7,11H2,1-2H3,(H,22,24)/t12-,17+/m1/s1. The Balaban J connectivity index is 1.73. The fourth-order valence-corrected chi connectivity index (χ4v) is 3.17. The van der Waals surface area contributed by atoms with Crippen LogP contribution in [0.25, 0.3) is 0 Å². The second-order valence-electron chi connectivity index (χ2n) is 6.30. The topological polar surface area (TPSA) is 58.1 Å². The van der Waals surface area contributed by atoms with Gasteiger partial charge < -0.3 is 10.2 Å². The number of hydrogen-bond donors (Lipinski definition) is 1. The molecule has 2 atom stereocenters. The van der Waals surface area contributed by atoms with E-state index in [1.165, 1.54) is 6.07 Å². The second-order valence-corrected chi connectivity index (χ2v) is 6.30. The van der Waals surface area contributed by atoms with Crippen molar-refractivity contribution in [3.05, 3.63) is 59.4 Å². The molecule has 6 heteroatoms. The molecule has 1 N–H and O–H groups in total. The van der Waals surface area contributed by atoms with Gasteiger partial charge in [-0.1, -0.05) is 19.1 Å². The van der Waals surface area contributed by atoms with E-state index in [4.69, 9.17) is 0 Å². The maximum absolute atomic E-state index is 14.0. The van der Waals surface area contributed by atoms with Crippen LogP contribution in [0.2, 0.25) is 0 Å². The molecule has 1 heterocycles. The quantitative estimate of drug-likeness (QED) is 0.942. The third-order valence-electron chi connectivity index (χ3n) is 4.55. The summed E-state index contributed by atoms with van der Waals surface area (Å²) in [6.07, 6.45) is 6.40. The van der Waals surface area contributed by atoms with Crippen molar-refractivity contribution in [3.8, 4) is 0 Å². The molecular formula is C18H21FN4O. The summed E-state index contributed by atoms with van der Waals surface area (Å²) in [5, 5.41) is 3.04. The Labute approximate surface area is 140 Å². The number of rotatable bonds is 3. The third-order valence-corrected chi connectivity index (χ3v) is 4.55. The van der Waals surface area contributed by atoms with E-state index in [1.54, 1.807) is 36.6 Å². The Bertz CT molecular complexity index is 722. The Morgan fingerprint density at radius 3 is 3.00 bits per heavy atom. The number of nitrogens with zero attached hydrogens (tertiary/aromatic N) is 3. The first-order valence-electron chi connectivity index (χ1n) is 8.10. The Morgan fingerprint density at radius 2 is 2.25 bits per heavy atom. The van der Waals surface area contributed by atoms with E-state index in [2.05, 4.69) is 22.2 Å². The maximum Gasteiger partial charge on any atom is 0.317 e. The smallest absolute Gasteiger partial charge is 0.317 e. The molecule has 5 nitrogen and oxygen atoms in total. The normalized spacial score (nSPS) is 19.5. The summed E-state index contributed by atoms with van der Waals surface area (Å²) in [5.74, 6) is 0.0692. The molecule has 0 fully saturated rings. The molecule has 0 aliphatic heterocycles. The number of hydrogen-bond acceptors (Lipinski definition) is 3. The summed E-state index contributed by atoms with van der Waals surface area (Å²) in [5.41, 5.74) is 2.32. The molecule has 1 aromatic carbocycles. The first kappa shape index (κ1) is 16.4. The van der Waals surface area contributed by atoms with Crippen LogP contribution in [0.5, 0.6) is 0 Å². The van der Waals surface area contributed by atoms with Crippen LogP contribution in [-0.2, 0) is 13.0 Å². The maximum atomic E-state index is 14.0. The average Bonchev–Trinajstić information content (AvgIpc) is 2.58. The van der Waals surface area contributed by atoms with Crippen molar-refractivity contribution in [2.24, 2.45) is 5.92 Å². The summed E-state index contributed by atoms with van der Waals surface area (Å²) >= 11 is 0. The van der Waals surface area contributed by atoms with Gasteiger partial charge in [-0.3, -0.25) is 9.97 Å². The monoisotopic (exact) mass is 328 g/mol. The lowest BCUT2D eigenvalue weighted by Crippen LogP contribution is -2.42. The zero-order valence-corrected chi connectivity index (χ0v) is 13.9. The van der Waals surface area contributed by atoms with E-state index in [0.717, 1.165) is 23.2 Å². The molecule has 2 aromatic rings. The van der Waals surface area contributed by atoms with Crippen molar-refractivity contribution in [1.29, 1.82) is 0 Å². The molecule has 1 aliphatic rings. The molecule has 0 bridgehead atoms. The lowest BCUT2D eigenvalue weighted by molar-refractivity contribution is 0.195. The predicted octanol–water partition coefficient (Wildman–Crippen LogP) is 3.08. The number of fused-ring (bicyclic) bond motifs is 1. The first-order valence-corrected chi connectivity index (χ1v) is 8.10. The van der Waals surface area contributed by atoms with Crippen LogP contribution >= 0.6 is 0 Å². The number of halogens is 1. The van der Waals surface area contributed by atoms with Gasteiger partial charge in [-0.2, -0.15) is 0 Å². The van der Waals surface area contributed by atoms with Crippen LogP contribution in [0.15, 0.2) is 36.8 Å². The Kier molecular flexibility index (Phi) is 4.74. The van der Waals surface area contributed by atoms with E-state index in [9.17, 15) is 9.18 Å². The molecule has 2 amide bonds. The van der Waals surface area contributed by atoms with E-state index in [0.29, 0.717) is 13.0 Å². The fraction of sp³-hybridized carbons (Fsp3) is 0.389. The van der Waals surface area contributed by atoms with Crippen molar-refractivity contribution in [1.82, 2.24) is 20.2 Å². The highest BCUT2D eigenvalue weighted by atomic mass is 19.1. The lowest BCUT2D eigenvalue weighted by Gasteiger charge is -2.33. The highest BCUT2D eigenvalue weighted by Crippen LogP contribution is 2.35. The number of amides is 2. The minimum Gasteiger partial charge on any atom is -0.331 e. The van der Waals surface area contributed by atoms with Gasteiger partial charge in [0.25, 0.3) is 0 Å². The Hall–Kier alpha value is -2.50. The van der Waals surface area contributed by atoms with Gasteiger partial charge >= 0.3 is 6.03 Å². The molecule has 3 rings (SSSR count). The molecule has 1 aromatic heterocycles. The molecular weight excluding hydrogens is 307 g/mol. The third kappa shape index (κ3) is 3.37. The van der Waals surface area contributed by atoms with Gasteiger partial charge in [-0.25, -0.2) is 9.18 Å². The van der Waals surface area contributed by atoms with Crippen molar-refractivity contribution in [3.63, 3.8) is 0 Å². The number of carbonyl (C=O) groups excluding carboxylic acids is 1. The van der Waals surface area contributed by atoms with Gasteiger partial charge in [0.2, 0.25) is 0 Å². The number of nitrogens with one attached hydrogen (secondary N) is 1. The van der Waals surface area contributed by atoms with Crippen molar-refractivity contribution < 1.29 is 9.18 Å². The van der Waals surface area contributed by atoms with Crippen LogP contribution in [0.1, 0.15) is 36.2 Å². The van der Waals surface area contributed by atoms with Crippen LogP contribution in [0.4, 0.5) is 9.18 Å². The molecule has 0 radical (unpaired) electrons. The summed E-state index contributed by atoms with van der Waals surface area (Å²) in [6.45, 7) is 2.46. The van der Waals surface area contributed by atoms with Crippen LogP contribution in [0, 0.1) is 11.7 Å². The SMILES string of the molecule is C[C@@H]1CCc2c(F)cccc2[C@H]1NC(=O)N(C)Cc1cnccn1. The van der Waals surface area contributed by atoms with Gasteiger partial charge in [0.05, 0.1) is 24.5 Å². The first-order chi connectivity index (χ1) is 11.6. The van der Waals surface area contributed by atoms with Gasteiger partial charge in [0.15, 0.2) is 0 Å². The molecule has 0 saturated heterocycles. The predicted molar refractivity (Wildman–Crippen MR) is 88.7 cm³/mol.